The van der Waals surface area contributed by atoms with E-state index in [1.807, 2.05) is 6.92 Å². The first-order valence-electron chi connectivity index (χ1n) is 2.56. The van der Waals surface area contributed by atoms with Crippen LogP contribution in [0.25, 0.3) is 0 Å². The van der Waals surface area contributed by atoms with Crippen molar-refractivity contribution in [3.05, 3.63) is 0 Å². The molecule has 0 aliphatic carbocycles. The first-order valence-corrected chi connectivity index (χ1v) is 2.56. The van der Waals surface area contributed by atoms with Crippen molar-refractivity contribution in [2.45, 2.75) is 6.92 Å². The number of hydrogen-bond acceptors (Lipinski definition) is 4. The summed E-state index contributed by atoms with van der Waals surface area (Å²) in [4.78, 5) is 9.37. The van der Waals surface area contributed by atoms with Gasteiger partial charge in [-0.1, -0.05) is 0 Å². The summed E-state index contributed by atoms with van der Waals surface area (Å²) in [5, 5.41) is 0. The minimum atomic E-state index is -0.0938. The van der Waals surface area contributed by atoms with Crippen molar-refractivity contribution < 1.29 is 19.0 Å². The Labute approximate surface area is 53.7 Å². The fourth-order valence-corrected chi connectivity index (χ4v) is 0.242. The Morgan fingerprint density at radius 3 is 2.67 bits per heavy atom. The van der Waals surface area contributed by atoms with Gasteiger partial charge in [-0.15, -0.1) is 0 Å². The first-order chi connectivity index (χ1) is 4.41. The van der Waals surface area contributed by atoms with Gasteiger partial charge in [-0.25, -0.2) is 4.79 Å². The molecule has 0 aromatic heterocycles. The molecule has 4 heteroatoms. The monoisotopic (exact) mass is 133 g/mol. The Balaban J connectivity index is 2.66. The molecule has 0 amide bonds. The van der Waals surface area contributed by atoms with E-state index in [0.717, 1.165) is 0 Å². The lowest BCUT2D eigenvalue weighted by Gasteiger charge is -1.99. The highest BCUT2D eigenvalue weighted by Gasteiger charge is 1.83. The maximum Gasteiger partial charge on any atom is 0.419 e. The molecule has 0 bridgehead atoms. The fraction of sp³-hybridized carbons (Fsp3) is 0.800. The van der Waals surface area contributed by atoms with Crippen LogP contribution >= 0.6 is 0 Å². The molecule has 0 fully saturated rings. The molecule has 0 rings (SSSR count). The summed E-state index contributed by atoms with van der Waals surface area (Å²) < 4.78 is 13.4. The van der Waals surface area contributed by atoms with E-state index in [4.69, 9.17) is 4.74 Å². The standard InChI is InChI=1S/C5H9O4/c1-2-7-4-9-5-8-3-6/h2,4-5H2,1H3. The van der Waals surface area contributed by atoms with E-state index in [2.05, 4.69) is 9.47 Å². The van der Waals surface area contributed by atoms with Crippen molar-refractivity contribution in [2.24, 2.45) is 0 Å². The van der Waals surface area contributed by atoms with E-state index in [1.54, 1.807) is 0 Å². The van der Waals surface area contributed by atoms with Crippen LogP contribution in [0.1, 0.15) is 6.92 Å². The predicted octanol–water partition coefficient (Wildman–Crippen LogP) is 0.0383. The number of rotatable bonds is 6. The van der Waals surface area contributed by atoms with Crippen molar-refractivity contribution in [2.75, 3.05) is 20.2 Å². The topological polar surface area (TPSA) is 44.8 Å². The van der Waals surface area contributed by atoms with Crippen LogP contribution in [0.3, 0.4) is 0 Å². The largest absolute Gasteiger partial charge is 0.430 e. The Morgan fingerprint density at radius 2 is 2.11 bits per heavy atom. The molecular weight excluding hydrogens is 124 g/mol. The lowest BCUT2D eigenvalue weighted by atomic mass is 10.9. The van der Waals surface area contributed by atoms with Crippen molar-refractivity contribution in [1.82, 2.24) is 0 Å². The quantitative estimate of drug-likeness (QED) is 0.379. The van der Waals surface area contributed by atoms with Gasteiger partial charge in [0.1, 0.15) is 0 Å². The zero-order valence-corrected chi connectivity index (χ0v) is 5.25. The molecule has 1 radical (unpaired) electrons. The molecule has 53 valence electrons. The van der Waals surface area contributed by atoms with Crippen LogP contribution in [0, 0.1) is 0 Å². The lowest BCUT2D eigenvalue weighted by Crippen LogP contribution is -2.02. The highest BCUT2D eigenvalue weighted by molar-refractivity contribution is 5.37. The first kappa shape index (κ1) is 8.39. The van der Waals surface area contributed by atoms with Crippen molar-refractivity contribution in [1.29, 1.82) is 0 Å². The smallest absolute Gasteiger partial charge is 0.419 e. The van der Waals surface area contributed by atoms with Gasteiger partial charge in [0, 0.05) is 6.61 Å². The third-order valence-electron chi connectivity index (χ3n) is 0.572. The minimum absolute atomic E-state index is 0.0938. The second-order valence-electron chi connectivity index (χ2n) is 1.16. The lowest BCUT2D eigenvalue weighted by molar-refractivity contribution is -0.100. The van der Waals surface area contributed by atoms with E-state index in [9.17, 15) is 4.79 Å². The average Bonchev–Trinajstić information content (AvgIpc) is 1.89. The summed E-state index contributed by atoms with van der Waals surface area (Å²) >= 11 is 0. The van der Waals surface area contributed by atoms with Crippen LogP contribution in [0.4, 0.5) is 0 Å². The Bertz CT molecular complexity index is 64.0. The zero-order chi connectivity index (χ0) is 6.95. The van der Waals surface area contributed by atoms with Crippen LogP contribution in [0.2, 0.25) is 0 Å². The summed E-state index contributed by atoms with van der Waals surface area (Å²) in [7, 11) is 0. The van der Waals surface area contributed by atoms with E-state index < -0.39 is 0 Å². The molecule has 0 atom stereocenters. The Morgan fingerprint density at radius 1 is 1.33 bits per heavy atom. The molecule has 9 heavy (non-hydrogen) atoms. The third-order valence-corrected chi connectivity index (χ3v) is 0.572. The maximum atomic E-state index is 9.37. The normalized spacial score (nSPS) is 9.00. The van der Waals surface area contributed by atoms with Crippen LogP contribution in [-0.4, -0.2) is 26.7 Å². The molecule has 0 aromatic carbocycles. The molecule has 0 aromatic rings. The molecule has 0 saturated heterocycles. The van der Waals surface area contributed by atoms with Crippen molar-refractivity contribution in [3.63, 3.8) is 0 Å². The van der Waals surface area contributed by atoms with E-state index in [1.165, 1.54) is 6.47 Å². The van der Waals surface area contributed by atoms with Crippen molar-refractivity contribution in [3.8, 4) is 0 Å². The van der Waals surface area contributed by atoms with Gasteiger partial charge < -0.3 is 14.2 Å². The van der Waals surface area contributed by atoms with Crippen LogP contribution < -0.4 is 0 Å². The summed E-state index contributed by atoms with van der Waals surface area (Å²) in [6.07, 6.45) is 0. The predicted molar refractivity (Wildman–Crippen MR) is 29.2 cm³/mol. The van der Waals surface area contributed by atoms with Crippen molar-refractivity contribution >= 4 is 6.47 Å². The fourth-order valence-electron chi connectivity index (χ4n) is 0.242. The Kier molecular flexibility index (Phi) is 6.89. The van der Waals surface area contributed by atoms with Gasteiger partial charge in [-0.2, -0.15) is 0 Å². The second-order valence-corrected chi connectivity index (χ2v) is 1.16. The molecule has 0 aliphatic heterocycles. The van der Waals surface area contributed by atoms with Gasteiger partial charge in [-0.05, 0) is 6.92 Å². The highest BCUT2D eigenvalue weighted by Crippen LogP contribution is 1.76. The SMILES string of the molecule is CCOCOCO[C]=O. The molecule has 0 spiro atoms. The molecule has 4 nitrogen and oxygen atoms in total. The van der Waals surface area contributed by atoms with Crippen LogP contribution in [0.15, 0.2) is 0 Å². The third kappa shape index (κ3) is 7.39. The van der Waals surface area contributed by atoms with E-state index in [0.29, 0.717) is 6.61 Å². The zero-order valence-electron chi connectivity index (χ0n) is 5.25. The van der Waals surface area contributed by atoms with E-state index >= 15 is 0 Å². The van der Waals surface area contributed by atoms with Crippen LogP contribution in [-0.2, 0) is 19.0 Å². The number of ether oxygens (including phenoxy) is 3. The van der Waals surface area contributed by atoms with Gasteiger partial charge in [0.2, 0.25) is 0 Å². The summed E-state index contributed by atoms with van der Waals surface area (Å²) in [6, 6.07) is 0. The molecule has 0 saturated carbocycles. The second kappa shape index (κ2) is 7.39. The summed E-state index contributed by atoms with van der Waals surface area (Å²) in [6.45, 7) is 3.70. The number of carbonyl (C=O) groups excluding carboxylic acids is 1. The number of hydrogen-bond donors (Lipinski definition) is 0. The molecular formula is C5H9O4. The molecule has 0 N–H and O–H groups in total. The van der Waals surface area contributed by atoms with Crippen LogP contribution in [0.5, 0.6) is 0 Å². The summed E-state index contributed by atoms with van der Waals surface area (Å²) in [5.74, 6) is 0. The minimum Gasteiger partial charge on any atom is -0.430 e. The van der Waals surface area contributed by atoms with E-state index in [-0.39, 0.29) is 13.6 Å². The highest BCUT2D eigenvalue weighted by atomic mass is 16.7. The van der Waals surface area contributed by atoms with Gasteiger partial charge in [0.25, 0.3) is 0 Å². The Hall–Kier alpha value is -0.610. The molecule has 0 heterocycles. The molecule has 0 unspecified atom stereocenters. The molecule has 0 aliphatic rings. The van der Waals surface area contributed by atoms with Gasteiger partial charge in [-0.3, -0.25) is 0 Å². The van der Waals surface area contributed by atoms with Gasteiger partial charge in [0.15, 0.2) is 13.6 Å². The maximum absolute atomic E-state index is 9.37. The van der Waals surface area contributed by atoms with Gasteiger partial charge in [0.05, 0.1) is 0 Å². The summed E-state index contributed by atoms with van der Waals surface area (Å²) in [5.41, 5.74) is 0. The van der Waals surface area contributed by atoms with Gasteiger partial charge >= 0.3 is 6.47 Å². The average molecular weight is 133 g/mol.